The standard InChI is InChI=1S/C10H8ClN3O2/c11-6-3-1-2-4-8(6)16-10(15)9-7(12)5-13-14-9/h1-5H,12H2,(H,13,14). The molecule has 0 fully saturated rings. The summed E-state index contributed by atoms with van der Waals surface area (Å²) in [7, 11) is 0. The zero-order valence-electron chi connectivity index (χ0n) is 8.11. The molecule has 0 aliphatic rings. The van der Waals surface area contributed by atoms with Gasteiger partial charge in [-0.05, 0) is 12.1 Å². The van der Waals surface area contributed by atoms with Crippen LogP contribution in [-0.2, 0) is 0 Å². The van der Waals surface area contributed by atoms with Crippen molar-refractivity contribution < 1.29 is 9.53 Å². The van der Waals surface area contributed by atoms with Gasteiger partial charge in [0.25, 0.3) is 0 Å². The number of para-hydroxylation sites is 1. The lowest BCUT2D eigenvalue weighted by Gasteiger charge is -2.04. The van der Waals surface area contributed by atoms with Crippen molar-refractivity contribution in [3.05, 3.63) is 41.2 Å². The Morgan fingerprint density at radius 2 is 2.19 bits per heavy atom. The van der Waals surface area contributed by atoms with Gasteiger partial charge in [-0.15, -0.1) is 0 Å². The first kappa shape index (κ1) is 10.5. The van der Waals surface area contributed by atoms with E-state index in [-0.39, 0.29) is 17.1 Å². The Morgan fingerprint density at radius 3 is 2.81 bits per heavy atom. The highest BCUT2D eigenvalue weighted by Gasteiger charge is 2.15. The van der Waals surface area contributed by atoms with Crippen LogP contribution in [0.4, 0.5) is 5.69 Å². The van der Waals surface area contributed by atoms with E-state index in [1.54, 1.807) is 24.3 Å². The number of esters is 1. The molecular formula is C10H8ClN3O2. The van der Waals surface area contributed by atoms with E-state index in [9.17, 15) is 4.79 Å². The second-order valence-corrected chi connectivity index (χ2v) is 3.43. The van der Waals surface area contributed by atoms with Crippen LogP contribution in [-0.4, -0.2) is 16.2 Å². The molecule has 82 valence electrons. The number of carbonyl (C=O) groups is 1. The van der Waals surface area contributed by atoms with Crippen LogP contribution in [0.3, 0.4) is 0 Å². The van der Waals surface area contributed by atoms with Crippen molar-refractivity contribution in [2.45, 2.75) is 0 Å². The molecule has 16 heavy (non-hydrogen) atoms. The van der Waals surface area contributed by atoms with Crippen LogP contribution in [0.15, 0.2) is 30.5 Å². The van der Waals surface area contributed by atoms with Crippen molar-refractivity contribution in [3.8, 4) is 5.75 Å². The lowest BCUT2D eigenvalue weighted by Crippen LogP contribution is -2.11. The Kier molecular flexibility index (Phi) is 2.78. The van der Waals surface area contributed by atoms with Gasteiger partial charge in [0, 0.05) is 0 Å². The molecule has 0 aliphatic carbocycles. The lowest BCUT2D eigenvalue weighted by atomic mass is 10.3. The van der Waals surface area contributed by atoms with Crippen molar-refractivity contribution in [3.63, 3.8) is 0 Å². The molecule has 1 aromatic heterocycles. The topological polar surface area (TPSA) is 81.0 Å². The van der Waals surface area contributed by atoms with Gasteiger partial charge in [-0.2, -0.15) is 5.10 Å². The van der Waals surface area contributed by atoms with Gasteiger partial charge in [0.1, 0.15) is 5.75 Å². The highest BCUT2D eigenvalue weighted by molar-refractivity contribution is 6.32. The third-order valence-electron chi connectivity index (χ3n) is 1.91. The van der Waals surface area contributed by atoms with E-state index >= 15 is 0 Å². The SMILES string of the molecule is Nc1cn[nH]c1C(=O)Oc1ccccc1Cl. The van der Waals surface area contributed by atoms with Gasteiger partial charge in [0.15, 0.2) is 5.69 Å². The molecule has 2 aromatic rings. The Bertz CT molecular complexity index is 524. The number of carbonyl (C=O) groups excluding carboxylic acids is 1. The Labute approximate surface area is 96.2 Å². The van der Waals surface area contributed by atoms with Gasteiger partial charge in [-0.25, -0.2) is 4.79 Å². The molecule has 1 aromatic carbocycles. The van der Waals surface area contributed by atoms with Crippen LogP contribution in [0.5, 0.6) is 5.75 Å². The number of nitrogens with two attached hydrogens (primary N) is 1. The fourth-order valence-electron chi connectivity index (χ4n) is 1.14. The number of benzene rings is 1. The number of anilines is 1. The molecule has 0 saturated carbocycles. The average molecular weight is 238 g/mol. The zero-order valence-corrected chi connectivity index (χ0v) is 8.86. The van der Waals surface area contributed by atoms with Gasteiger partial charge < -0.3 is 10.5 Å². The summed E-state index contributed by atoms with van der Waals surface area (Å²) >= 11 is 5.84. The van der Waals surface area contributed by atoms with E-state index < -0.39 is 5.97 Å². The molecule has 0 atom stereocenters. The summed E-state index contributed by atoms with van der Waals surface area (Å²) in [5, 5.41) is 6.43. The number of H-pyrrole nitrogens is 1. The highest BCUT2D eigenvalue weighted by Crippen LogP contribution is 2.24. The highest BCUT2D eigenvalue weighted by atomic mass is 35.5. The summed E-state index contributed by atoms with van der Waals surface area (Å²) in [5.41, 5.74) is 5.85. The third kappa shape index (κ3) is 1.99. The largest absolute Gasteiger partial charge is 0.420 e. The van der Waals surface area contributed by atoms with Crippen molar-refractivity contribution in [2.24, 2.45) is 0 Å². The molecule has 0 amide bonds. The van der Waals surface area contributed by atoms with E-state index in [0.29, 0.717) is 5.02 Å². The maximum atomic E-state index is 11.6. The van der Waals surface area contributed by atoms with E-state index in [1.165, 1.54) is 6.20 Å². The number of hydrogen-bond acceptors (Lipinski definition) is 4. The van der Waals surface area contributed by atoms with E-state index in [0.717, 1.165) is 0 Å². The first-order chi connectivity index (χ1) is 7.68. The second kappa shape index (κ2) is 4.24. The van der Waals surface area contributed by atoms with Crippen molar-refractivity contribution in [1.29, 1.82) is 0 Å². The van der Waals surface area contributed by atoms with Crippen LogP contribution in [0.25, 0.3) is 0 Å². The minimum absolute atomic E-state index is 0.111. The molecule has 3 N–H and O–H groups in total. The van der Waals surface area contributed by atoms with Gasteiger partial charge >= 0.3 is 5.97 Å². The molecule has 0 unspecified atom stereocenters. The van der Waals surface area contributed by atoms with Gasteiger partial charge in [0.2, 0.25) is 0 Å². The Balaban J connectivity index is 2.21. The van der Waals surface area contributed by atoms with Crippen LogP contribution >= 0.6 is 11.6 Å². The smallest absolute Gasteiger partial charge is 0.363 e. The van der Waals surface area contributed by atoms with Crippen molar-refractivity contribution in [2.75, 3.05) is 5.73 Å². The summed E-state index contributed by atoms with van der Waals surface area (Å²) in [6.45, 7) is 0. The molecule has 0 spiro atoms. The summed E-state index contributed by atoms with van der Waals surface area (Å²) in [6, 6.07) is 6.67. The van der Waals surface area contributed by atoms with Gasteiger partial charge in [-0.3, -0.25) is 5.10 Å². The third-order valence-corrected chi connectivity index (χ3v) is 2.22. The summed E-state index contributed by atoms with van der Waals surface area (Å²) in [4.78, 5) is 11.6. The number of aromatic nitrogens is 2. The lowest BCUT2D eigenvalue weighted by molar-refractivity contribution is 0.0730. The van der Waals surface area contributed by atoms with Crippen LogP contribution in [0, 0.1) is 0 Å². The first-order valence-electron chi connectivity index (χ1n) is 4.44. The predicted octanol–water partition coefficient (Wildman–Crippen LogP) is 1.86. The van der Waals surface area contributed by atoms with Crippen molar-refractivity contribution >= 4 is 23.3 Å². The predicted molar refractivity (Wildman–Crippen MR) is 59.4 cm³/mol. The second-order valence-electron chi connectivity index (χ2n) is 3.02. The molecule has 1 heterocycles. The van der Waals surface area contributed by atoms with Gasteiger partial charge in [0.05, 0.1) is 16.9 Å². The quantitative estimate of drug-likeness (QED) is 0.617. The Hall–Kier alpha value is -2.01. The summed E-state index contributed by atoms with van der Waals surface area (Å²) in [6.07, 6.45) is 1.34. The van der Waals surface area contributed by atoms with Crippen LogP contribution < -0.4 is 10.5 Å². The molecule has 5 nitrogen and oxygen atoms in total. The fraction of sp³-hybridized carbons (Fsp3) is 0. The number of nitrogen functional groups attached to an aromatic ring is 1. The average Bonchev–Trinajstić information content (AvgIpc) is 2.68. The Morgan fingerprint density at radius 1 is 1.44 bits per heavy atom. The molecule has 0 aliphatic heterocycles. The van der Waals surface area contributed by atoms with E-state index in [1.807, 2.05) is 0 Å². The summed E-state index contributed by atoms with van der Waals surface area (Å²) in [5.74, 6) is -0.341. The number of ether oxygens (including phenoxy) is 1. The maximum absolute atomic E-state index is 11.6. The molecule has 6 heteroatoms. The normalized spacial score (nSPS) is 10.1. The number of hydrogen-bond donors (Lipinski definition) is 2. The van der Waals surface area contributed by atoms with E-state index in [2.05, 4.69) is 10.2 Å². The first-order valence-corrected chi connectivity index (χ1v) is 4.82. The van der Waals surface area contributed by atoms with Crippen molar-refractivity contribution in [1.82, 2.24) is 10.2 Å². The van der Waals surface area contributed by atoms with Crippen LogP contribution in [0.1, 0.15) is 10.5 Å². The number of nitrogens with one attached hydrogen (secondary N) is 1. The monoisotopic (exact) mass is 237 g/mol. The molecule has 0 radical (unpaired) electrons. The maximum Gasteiger partial charge on any atom is 0.363 e. The molecular weight excluding hydrogens is 230 g/mol. The number of rotatable bonds is 2. The fourth-order valence-corrected chi connectivity index (χ4v) is 1.31. The zero-order chi connectivity index (χ0) is 11.5. The molecule has 0 bridgehead atoms. The summed E-state index contributed by atoms with van der Waals surface area (Å²) < 4.78 is 5.05. The number of halogens is 1. The number of nitrogens with zero attached hydrogens (tertiary/aromatic N) is 1. The minimum atomic E-state index is -0.622. The molecule has 2 rings (SSSR count). The van der Waals surface area contributed by atoms with E-state index in [4.69, 9.17) is 22.1 Å². The number of aromatic amines is 1. The van der Waals surface area contributed by atoms with Gasteiger partial charge in [-0.1, -0.05) is 23.7 Å². The molecule has 0 saturated heterocycles. The van der Waals surface area contributed by atoms with Crippen LogP contribution in [0.2, 0.25) is 5.02 Å². The minimum Gasteiger partial charge on any atom is -0.420 e.